The van der Waals surface area contributed by atoms with Gasteiger partial charge in [-0.1, -0.05) is 25.8 Å². The summed E-state index contributed by atoms with van der Waals surface area (Å²) in [5, 5.41) is 0. The van der Waals surface area contributed by atoms with Crippen LogP contribution in [0.5, 0.6) is 0 Å². The van der Waals surface area contributed by atoms with E-state index in [4.69, 9.17) is 0 Å². The molecule has 0 rings (SSSR count). The molecule has 0 radical (unpaired) electrons. The lowest BCUT2D eigenvalue weighted by molar-refractivity contribution is -0.421. The summed E-state index contributed by atoms with van der Waals surface area (Å²) in [7, 11) is 0. The van der Waals surface area contributed by atoms with Crippen LogP contribution in [0.15, 0.2) is 12.7 Å². The topological polar surface area (TPSA) is 26.3 Å². The maximum absolute atomic E-state index is 13.5. The average Bonchev–Trinajstić information content (AvgIpc) is 2.55. The van der Waals surface area contributed by atoms with Gasteiger partial charge in [0.2, 0.25) is 0 Å². The van der Waals surface area contributed by atoms with Crippen LogP contribution in [0.2, 0.25) is 0 Å². The SMILES string of the molecule is C=CC(=O)OC(F)(F)C(F)(F)C(F)(F)C(F)(F)C(F)CCCCCCC(F)(F)F. The molecule has 0 bridgehead atoms. The van der Waals surface area contributed by atoms with Crippen molar-refractivity contribution in [2.75, 3.05) is 0 Å². The van der Waals surface area contributed by atoms with Gasteiger partial charge in [0.05, 0.1) is 0 Å². The Morgan fingerprint density at radius 2 is 1.31 bits per heavy atom. The number of unbranched alkanes of at least 4 members (excludes halogenated alkanes) is 3. The molecular weight excluding hydrogens is 440 g/mol. The molecule has 0 saturated heterocycles. The van der Waals surface area contributed by atoms with Gasteiger partial charge in [-0.05, 0) is 12.8 Å². The maximum Gasteiger partial charge on any atom is 0.473 e. The van der Waals surface area contributed by atoms with E-state index in [0.29, 0.717) is 0 Å². The van der Waals surface area contributed by atoms with Crippen LogP contribution >= 0.6 is 0 Å². The quantitative estimate of drug-likeness (QED) is 0.146. The van der Waals surface area contributed by atoms with E-state index in [1.165, 1.54) is 0 Å². The van der Waals surface area contributed by atoms with Gasteiger partial charge in [0.1, 0.15) is 0 Å². The van der Waals surface area contributed by atoms with Gasteiger partial charge in [-0.15, -0.1) is 0 Å². The molecule has 14 heteroatoms. The van der Waals surface area contributed by atoms with Gasteiger partial charge in [0.25, 0.3) is 0 Å². The van der Waals surface area contributed by atoms with E-state index in [1.54, 1.807) is 0 Å². The molecule has 0 spiro atoms. The molecule has 0 aliphatic rings. The lowest BCUT2D eigenvalue weighted by Gasteiger charge is -2.36. The number of ether oxygens (including phenoxy) is 1. The van der Waals surface area contributed by atoms with Gasteiger partial charge in [0, 0.05) is 12.5 Å². The third-order valence-electron chi connectivity index (χ3n) is 3.64. The molecule has 0 aromatic heterocycles. The van der Waals surface area contributed by atoms with E-state index in [-0.39, 0.29) is 18.9 Å². The van der Waals surface area contributed by atoms with Gasteiger partial charge in [0.15, 0.2) is 6.17 Å². The summed E-state index contributed by atoms with van der Waals surface area (Å²) in [5.41, 5.74) is 0. The monoisotopic (exact) mass is 456 g/mol. The smallest absolute Gasteiger partial charge is 0.393 e. The van der Waals surface area contributed by atoms with Crippen LogP contribution in [-0.2, 0) is 9.53 Å². The van der Waals surface area contributed by atoms with E-state index < -0.39 is 67.9 Å². The van der Waals surface area contributed by atoms with Gasteiger partial charge < -0.3 is 4.74 Å². The second-order valence-corrected chi connectivity index (χ2v) is 5.95. The molecule has 0 saturated carbocycles. The fourth-order valence-corrected chi connectivity index (χ4v) is 2.00. The third-order valence-corrected chi connectivity index (χ3v) is 3.64. The first-order valence-electron chi connectivity index (χ1n) is 7.91. The zero-order valence-corrected chi connectivity index (χ0v) is 14.5. The highest BCUT2D eigenvalue weighted by molar-refractivity contribution is 5.81. The molecule has 2 nitrogen and oxygen atoms in total. The zero-order chi connectivity index (χ0) is 23.3. The zero-order valence-electron chi connectivity index (χ0n) is 14.5. The number of esters is 1. The number of halogens is 12. The fraction of sp³-hybridized carbons (Fsp3) is 0.800. The predicted molar refractivity (Wildman–Crippen MR) is 74.7 cm³/mol. The highest BCUT2D eigenvalue weighted by Gasteiger charge is 2.84. The van der Waals surface area contributed by atoms with Gasteiger partial charge in [-0.25, -0.2) is 9.18 Å². The van der Waals surface area contributed by atoms with E-state index in [1.807, 2.05) is 0 Å². The number of carbonyl (C=O) groups is 1. The van der Waals surface area contributed by atoms with Crippen molar-refractivity contribution < 1.29 is 62.2 Å². The summed E-state index contributed by atoms with van der Waals surface area (Å²) in [5.74, 6) is -22.6. The molecule has 0 aromatic carbocycles. The Balaban J connectivity index is 5.08. The molecule has 0 aromatic rings. The standard InChI is InChI=1S/C15H16F12O2/c1-2-10(28)29-15(26,27)14(24,25)13(22,23)12(20,21)9(16)7-5-3-4-6-8-11(17,18)19/h2,9H,1,3-8H2. The molecule has 29 heavy (non-hydrogen) atoms. The first kappa shape index (κ1) is 27.4. The molecular formula is C15H16F12O2. The number of carbonyl (C=O) groups excluding carboxylic acids is 1. The molecule has 0 fully saturated rings. The van der Waals surface area contributed by atoms with Gasteiger partial charge in [-0.2, -0.15) is 48.3 Å². The normalized spacial score (nSPS) is 15.2. The molecule has 172 valence electrons. The van der Waals surface area contributed by atoms with Gasteiger partial charge >= 0.3 is 36.0 Å². The Bertz CT molecular complexity index is 556. The first-order chi connectivity index (χ1) is 12.8. The molecule has 1 atom stereocenters. The van der Waals surface area contributed by atoms with Crippen LogP contribution < -0.4 is 0 Å². The van der Waals surface area contributed by atoms with Crippen molar-refractivity contribution in [3.63, 3.8) is 0 Å². The number of rotatable bonds is 12. The molecule has 0 amide bonds. The Morgan fingerprint density at radius 1 is 0.828 bits per heavy atom. The highest BCUT2D eigenvalue weighted by atomic mass is 19.4. The number of alkyl halides is 12. The van der Waals surface area contributed by atoms with Crippen molar-refractivity contribution in [3.05, 3.63) is 12.7 Å². The first-order valence-corrected chi connectivity index (χ1v) is 7.91. The van der Waals surface area contributed by atoms with Crippen molar-refractivity contribution in [3.8, 4) is 0 Å². The minimum absolute atomic E-state index is 0.128. The van der Waals surface area contributed by atoms with Crippen LogP contribution in [0.25, 0.3) is 0 Å². The van der Waals surface area contributed by atoms with Crippen molar-refractivity contribution >= 4 is 5.97 Å². The van der Waals surface area contributed by atoms with Crippen LogP contribution in [0.3, 0.4) is 0 Å². The molecule has 0 N–H and O–H groups in total. The lowest BCUT2D eigenvalue weighted by Crippen LogP contribution is -2.65. The summed E-state index contributed by atoms with van der Waals surface area (Å²) in [6, 6.07) is 0. The minimum Gasteiger partial charge on any atom is -0.393 e. The van der Waals surface area contributed by atoms with Crippen LogP contribution in [0, 0.1) is 0 Å². The summed E-state index contributed by atoms with van der Waals surface area (Å²) in [6.07, 6.45) is -19.6. The van der Waals surface area contributed by atoms with Crippen molar-refractivity contribution in [2.24, 2.45) is 0 Å². The Labute approximate surface area is 156 Å². The molecule has 0 heterocycles. The summed E-state index contributed by atoms with van der Waals surface area (Å²) in [4.78, 5) is 10.5. The lowest BCUT2D eigenvalue weighted by atomic mass is 9.96. The van der Waals surface area contributed by atoms with E-state index in [0.717, 1.165) is 0 Å². The van der Waals surface area contributed by atoms with Crippen molar-refractivity contribution in [1.82, 2.24) is 0 Å². The van der Waals surface area contributed by atoms with E-state index >= 15 is 0 Å². The van der Waals surface area contributed by atoms with Crippen molar-refractivity contribution in [1.29, 1.82) is 0 Å². The summed E-state index contributed by atoms with van der Waals surface area (Å²) in [6.45, 7) is 2.52. The Hall–Kier alpha value is -1.63. The van der Waals surface area contributed by atoms with Crippen LogP contribution in [0.1, 0.15) is 38.5 Å². The van der Waals surface area contributed by atoms with Crippen molar-refractivity contribution in [2.45, 2.75) is 74.7 Å². The third kappa shape index (κ3) is 6.69. The number of hydrogen-bond donors (Lipinski definition) is 0. The second-order valence-electron chi connectivity index (χ2n) is 5.95. The molecule has 1 unspecified atom stereocenters. The molecule has 0 aliphatic heterocycles. The van der Waals surface area contributed by atoms with Gasteiger partial charge in [-0.3, -0.25) is 0 Å². The average molecular weight is 456 g/mol. The highest BCUT2D eigenvalue weighted by Crippen LogP contribution is 2.54. The predicted octanol–water partition coefficient (Wildman–Crippen LogP) is 6.46. The van der Waals surface area contributed by atoms with Crippen LogP contribution in [0.4, 0.5) is 52.7 Å². The fourth-order valence-electron chi connectivity index (χ4n) is 2.00. The summed E-state index contributed by atoms with van der Waals surface area (Å²) >= 11 is 0. The number of hydrogen-bond acceptors (Lipinski definition) is 2. The largest absolute Gasteiger partial charge is 0.473 e. The van der Waals surface area contributed by atoms with E-state index in [2.05, 4.69) is 11.3 Å². The maximum atomic E-state index is 13.5. The Kier molecular flexibility index (Phi) is 8.92. The van der Waals surface area contributed by atoms with Crippen LogP contribution in [-0.4, -0.2) is 42.2 Å². The minimum atomic E-state index is -7.00. The Morgan fingerprint density at radius 3 is 1.76 bits per heavy atom. The molecule has 0 aliphatic carbocycles. The summed E-state index contributed by atoms with van der Waals surface area (Å²) < 4.78 is 159. The van der Waals surface area contributed by atoms with E-state index in [9.17, 15) is 57.5 Å². The second kappa shape index (κ2) is 9.45.